The van der Waals surface area contributed by atoms with Crippen LogP contribution in [0.5, 0.6) is 0 Å². The number of aromatic nitrogens is 3. The van der Waals surface area contributed by atoms with Gasteiger partial charge in [-0.15, -0.1) is 0 Å². The minimum absolute atomic E-state index is 1.04. The van der Waals surface area contributed by atoms with Crippen LogP contribution in [0, 0.1) is 3.57 Å². The van der Waals surface area contributed by atoms with Gasteiger partial charge in [-0.1, -0.05) is 185 Å². The maximum Gasteiger partial charge on any atom is 0.0541 e. The third-order valence-corrected chi connectivity index (χ3v) is 20.1. The lowest BCUT2D eigenvalue weighted by molar-refractivity contribution is 0.836. The van der Waals surface area contributed by atoms with Gasteiger partial charge in [-0.05, 0) is 243 Å². The molecule has 3 aliphatic carbocycles. The van der Waals surface area contributed by atoms with Crippen molar-refractivity contribution in [1.29, 1.82) is 0 Å². The summed E-state index contributed by atoms with van der Waals surface area (Å²) in [5, 5.41) is 7.71. The number of benzene rings is 12. The Balaban J connectivity index is 0.000000123. The molecule has 85 heavy (non-hydrogen) atoms. The average molecular weight is 1460 g/mol. The highest BCUT2D eigenvalue weighted by Crippen LogP contribution is 2.43. The monoisotopic (exact) mass is 1460 g/mol. The Morgan fingerprint density at radius 3 is 1.07 bits per heavy atom. The van der Waals surface area contributed by atoms with Crippen LogP contribution < -0.4 is 0 Å². The van der Waals surface area contributed by atoms with Gasteiger partial charge >= 0.3 is 0 Å². The zero-order valence-electron chi connectivity index (χ0n) is 45.9. The van der Waals surface area contributed by atoms with E-state index in [9.17, 15) is 0 Å². The average Bonchev–Trinajstić information content (AvgIpc) is 2.01. The Kier molecular flexibility index (Phi) is 13.5. The van der Waals surface area contributed by atoms with Gasteiger partial charge in [-0.25, -0.2) is 0 Å². The van der Waals surface area contributed by atoms with Gasteiger partial charge in [0.1, 0.15) is 0 Å². The number of fused-ring (bicyclic) bond motifs is 14. The molecule has 0 amide bonds. The molecule has 12 aromatic carbocycles. The second-order valence-electron chi connectivity index (χ2n) is 22.6. The van der Waals surface area contributed by atoms with Gasteiger partial charge in [-0.3, -0.25) is 0 Å². The third-order valence-electron chi connectivity index (χ3n) is 17.6. The Bertz CT molecular complexity index is 5190. The lowest BCUT2D eigenvalue weighted by Gasteiger charge is -2.20. The first-order valence-electron chi connectivity index (χ1n) is 28.8. The molecule has 0 saturated heterocycles. The van der Waals surface area contributed by atoms with Crippen LogP contribution in [0.1, 0.15) is 33.4 Å². The van der Waals surface area contributed by atoms with E-state index in [1.807, 2.05) is 6.07 Å². The van der Waals surface area contributed by atoms with Gasteiger partial charge in [0.25, 0.3) is 0 Å². The molecule has 0 fully saturated rings. The van der Waals surface area contributed by atoms with E-state index in [0.29, 0.717) is 0 Å². The van der Waals surface area contributed by atoms with Crippen molar-refractivity contribution in [3.8, 4) is 50.4 Å². The lowest BCUT2D eigenvalue weighted by Crippen LogP contribution is -2.09. The Labute approximate surface area is 540 Å². The predicted molar refractivity (Wildman–Crippen MR) is 380 cm³/mol. The first-order chi connectivity index (χ1) is 41.6. The smallest absolute Gasteiger partial charge is 0.0541 e. The van der Waals surface area contributed by atoms with Gasteiger partial charge in [0.2, 0.25) is 0 Å². The van der Waals surface area contributed by atoms with Gasteiger partial charge in [-0.2, -0.15) is 0 Å². The van der Waals surface area contributed by atoms with E-state index in [4.69, 9.17) is 0 Å². The molecule has 0 saturated carbocycles. The highest BCUT2D eigenvalue weighted by molar-refractivity contribution is 14.1. The number of para-hydroxylation sites is 3. The number of nitrogens with zero attached hydrogens (tertiary/aromatic N) is 3. The van der Waals surface area contributed by atoms with Crippen molar-refractivity contribution in [1.82, 2.24) is 13.7 Å². The number of rotatable bonds is 5. The van der Waals surface area contributed by atoms with Crippen LogP contribution in [-0.4, -0.2) is 13.7 Å². The summed E-state index contributed by atoms with van der Waals surface area (Å²) in [5.41, 5.74) is 27.7. The molecule has 0 unspecified atom stereocenters. The van der Waals surface area contributed by atoms with Gasteiger partial charge in [0.05, 0.1) is 33.1 Å². The largest absolute Gasteiger partial charge is 0.309 e. The fourth-order valence-electron chi connectivity index (χ4n) is 13.4. The standard InChI is InChI=1S/C38H24Br2N2.C33H23N.C6H3Br2I/c39-27-20-28(40)22-30(21-27)42-36-8-4-2-6-32(36)34-19-26(13-16-38(34)42)25-12-15-37-33(18-25)31-5-1-3-7-35(31)41(37)29-14-11-23-9-10-24(23)17-29;1-2-6-28-25(5-1)17-26-12-11-23(19-30(26)28)24-14-16-33-31(20-24)29-7-3-4-8-32(29)34(33)27-15-13-21-9-10-22(21)18-27;7-4-1-5(8)3-6(9)2-4/h1-8,11-22H,9-10H2;1-8,11-16,18-20H,9-10,17H2;1-3H. The summed E-state index contributed by atoms with van der Waals surface area (Å²) in [6, 6.07) is 89.5. The molecule has 8 heteroatoms. The van der Waals surface area contributed by atoms with Crippen molar-refractivity contribution in [2.24, 2.45) is 0 Å². The van der Waals surface area contributed by atoms with Crippen LogP contribution in [0.2, 0.25) is 0 Å². The summed E-state index contributed by atoms with van der Waals surface area (Å²) in [4.78, 5) is 0. The second-order valence-corrected chi connectivity index (χ2v) is 27.5. The van der Waals surface area contributed by atoms with Crippen LogP contribution in [0.4, 0.5) is 0 Å². The SMILES string of the molecule is Brc1cc(Br)cc(-n2c3ccccc3c3cc(-c4ccc5c(c4)c4ccccc4n5-c4ccc5c(c4)CC5)ccc32)c1.Brc1cc(Br)cc(I)c1.c1ccc2c(c1)Cc1ccc(-c3ccc4c(c3)c3ccccc3n4-c3ccc4c(c3)CC4)cc1-2. The van der Waals surface area contributed by atoms with E-state index in [0.717, 1.165) is 30.0 Å². The maximum absolute atomic E-state index is 3.69. The Morgan fingerprint density at radius 2 is 0.624 bits per heavy atom. The number of halogens is 5. The molecule has 0 N–H and O–H groups in total. The van der Waals surface area contributed by atoms with E-state index in [1.165, 1.54) is 173 Å². The summed E-state index contributed by atoms with van der Waals surface area (Å²) >= 11 is 16.4. The fraction of sp³-hybridized carbons (Fsp3) is 0.0649. The molecule has 3 aromatic heterocycles. The van der Waals surface area contributed by atoms with Gasteiger partial charge in [0, 0.05) is 70.8 Å². The molecular formula is C77H50Br4IN3. The number of hydrogen-bond acceptors (Lipinski definition) is 0. The van der Waals surface area contributed by atoms with Crippen molar-refractivity contribution >= 4 is 152 Å². The molecule has 3 aliphatic rings. The first kappa shape index (κ1) is 53.2. The Hall–Kier alpha value is -7.31. The molecule has 408 valence electrons. The number of aryl methyl sites for hydroxylation is 4. The van der Waals surface area contributed by atoms with Crippen LogP contribution in [0.3, 0.4) is 0 Å². The van der Waals surface area contributed by atoms with Crippen LogP contribution >= 0.6 is 86.3 Å². The highest BCUT2D eigenvalue weighted by Gasteiger charge is 2.22. The van der Waals surface area contributed by atoms with Crippen LogP contribution in [-0.2, 0) is 32.1 Å². The van der Waals surface area contributed by atoms with Crippen molar-refractivity contribution < 1.29 is 0 Å². The second kappa shape index (κ2) is 21.6. The summed E-state index contributed by atoms with van der Waals surface area (Å²) in [6.07, 6.45) is 5.85. The van der Waals surface area contributed by atoms with E-state index in [1.54, 1.807) is 0 Å². The van der Waals surface area contributed by atoms with Crippen LogP contribution in [0.15, 0.2) is 261 Å². The number of hydrogen-bond donors (Lipinski definition) is 0. The molecule has 0 radical (unpaired) electrons. The molecule has 0 spiro atoms. The molecule has 0 aliphatic heterocycles. The van der Waals surface area contributed by atoms with Crippen molar-refractivity contribution in [3.05, 3.63) is 297 Å². The van der Waals surface area contributed by atoms with Crippen molar-refractivity contribution in [2.75, 3.05) is 0 Å². The molecule has 15 aromatic rings. The minimum atomic E-state index is 1.04. The molecule has 0 atom stereocenters. The van der Waals surface area contributed by atoms with Crippen LogP contribution in [0.25, 0.3) is 116 Å². The summed E-state index contributed by atoms with van der Waals surface area (Å²) in [6.45, 7) is 0. The summed E-state index contributed by atoms with van der Waals surface area (Å²) < 4.78 is 12.8. The van der Waals surface area contributed by atoms with E-state index in [2.05, 4.69) is 337 Å². The highest BCUT2D eigenvalue weighted by atomic mass is 127. The Morgan fingerprint density at radius 1 is 0.259 bits per heavy atom. The van der Waals surface area contributed by atoms with E-state index < -0.39 is 0 Å². The van der Waals surface area contributed by atoms with Crippen molar-refractivity contribution in [2.45, 2.75) is 32.1 Å². The molecule has 18 rings (SSSR count). The molecule has 3 heterocycles. The fourth-order valence-corrected chi connectivity index (χ4v) is 17.5. The van der Waals surface area contributed by atoms with Crippen molar-refractivity contribution in [3.63, 3.8) is 0 Å². The maximum atomic E-state index is 3.69. The molecule has 0 bridgehead atoms. The van der Waals surface area contributed by atoms with Gasteiger partial charge < -0.3 is 13.7 Å². The van der Waals surface area contributed by atoms with Gasteiger partial charge in [0.15, 0.2) is 0 Å². The molecular weight excluding hydrogens is 1410 g/mol. The molecule has 3 nitrogen and oxygen atoms in total. The quantitative estimate of drug-likeness (QED) is 0.153. The lowest BCUT2D eigenvalue weighted by atomic mass is 9.88. The minimum Gasteiger partial charge on any atom is -0.309 e. The zero-order chi connectivity index (χ0) is 57.0. The topological polar surface area (TPSA) is 14.8 Å². The third kappa shape index (κ3) is 9.46. The zero-order valence-corrected chi connectivity index (χ0v) is 54.4. The van der Waals surface area contributed by atoms with E-state index >= 15 is 0 Å². The summed E-state index contributed by atoms with van der Waals surface area (Å²) in [5.74, 6) is 0. The van der Waals surface area contributed by atoms with E-state index in [-0.39, 0.29) is 0 Å². The summed E-state index contributed by atoms with van der Waals surface area (Å²) in [7, 11) is 0. The predicted octanol–water partition coefficient (Wildman–Crippen LogP) is 23.1. The first-order valence-corrected chi connectivity index (χ1v) is 33.0. The normalized spacial score (nSPS) is 12.8.